The lowest BCUT2D eigenvalue weighted by atomic mass is 10.1. The molecular weight excluding hydrogens is 340 g/mol. The van der Waals surface area contributed by atoms with E-state index in [2.05, 4.69) is 21.2 Å². The Bertz CT molecular complexity index is 624. The second-order valence-electron chi connectivity index (χ2n) is 4.55. The molecule has 1 amide bonds. The first-order chi connectivity index (χ1) is 9.52. The van der Waals surface area contributed by atoms with Crippen molar-refractivity contribution in [1.29, 1.82) is 0 Å². The van der Waals surface area contributed by atoms with Gasteiger partial charge in [0, 0.05) is 22.2 Å². The number of amides is 1. The van der Waals surface area contributed by atoms with Crippen molar-refractivity contribution in [3.05, 3.63) is 57.3 Å². The van der Waals surface area contributed by atoms with Crippen molar-refractivity contribution >= 4 is 33.4 Å². The number of nitrogens with zero attached hydrogens (tertiary/aromatic N) is 1. The molecule has 0 radical (unpaired) electrons. The molecule has 0 bridgehead atoms. The SMILES string of the molecule is CCn1cc(Br)cc1C(=O)NC(C)c1ccccc1Cl. The second-order valence-corrected chi connectivity index (χ2v) is 5.87. The minimum atomic E-state index is -0.143. The Balaban J connectivity index is 2.17. The predicted molar refractivity (Wildman–Crippen MR) is 85.1 cm³/mol. The molecule has 0 spiro atoms. The summed E-state index contributed by atoms with van der Waals surface area (Å²) in [4.78, 5) is 12.3. The van der Waals surface area contributed by atoms with E-state index in [4.69, 9.17) is 11.6 Å². The molecule has 1 heterocycles. The summed E-state index contributed by atoms with van der Waals surface area (Å²) in [5, 5.41) is 3.64. The molecule has 0 aliphatic rings. The van der Waals surface area contributed by atoms with E-state index < -0.39 is 0 Å². The molecule has 5 heteroatoms. The van der Waals surface area contributed by atoms with Crippen molar-refractivity contribution in [3.8, 4) is 0 Å². The van der Waals surface area contributed by atoms with Crippen LogP contribution in [-0.2, 0) is 6.54 Å². The number of benzene rings is 1. The summed E-state index contributed by atoms with van der Waals surface area (Å²) in [7, 11) is 0. The standard InChI is InChI=1S/C15H16BrClN2O/c1-3-19-9-11(16)8-14(19)15(20)18-10(2)12-6-4-5-7-13(12)17/h4-10H,3H2,1-2H3,(H,18,20). The fourth-order valence-corrected chi connectivity index (χ4v) is 2.86. The van der Waals surface area contributed by atoms with Gasteiger partial charge in [-0.2, -0.15) is 0 Å². The Morgan fingerprint density at radius 3 is 2.80 bits per heavy atom. The number of carbonyl (C=O) groups is 1. The van der Waals surface area contributed by atoms with Crippen molar-refractivity contribution < 1.29 is 4.79 Å². The maximum atomic E-state index is 12.3. The Kier molecular flexibility index (Phi) is 4.89. The summed E-state index contributed by atoms with van der Waals surface area (Å²) in [6.07, 6.45) is 1.90. The maximum Gasteiger partial charge on any atom is 0.268 e. The molecule has 1 aromatic heterocycles. The second kappa shape index (κ2) is 6.46. The van der Waals surface area contributed by atoms with Gasteiger partial charge in [-0.15, -0.1) is 0 Å². The summed E-state index contributed by atoms with van der Waals surface area (Å²) in [5.74, 6) is -0.107. The lowest BCUT2D eigenvalue weighted by molar-refractivity contribution is 0.0930. The summed E-state index contributed by atoms with van der Waals surface area (Å²) in [5.41, 5.74) is 1.55. The summed E-state index contributed by atoms with van der Waals surface area (Å²) < 4.78 is 2.80. The zero-order valence-electron chi connectivity index (χ0n) is 11.4. The molecule has 0 aliphatic heterocycles. The first-order valence-electron chi connectivity index (χ1n) is 6.44. The Hall–Kier alpha value is -1.26. The molecule has 1 unspecified atom stereocenters. The van der Waals surface area contributed by atoms with Gasteiger partial charge in [-0.3, -0.25) is 4.79 Å². The topological polar surface area (TPSA) is 34.0 Å². The van der Waals surface area contributed by atoms with Crippen LogP contribution in [-0.4, -0.2) is 10.5 Å². The molecule has 0 fully saturated rings. The number of hydrogen-bond acceptors (Lipinski definition) is 1. The van der Waals surface area contributed by atoms with Crippen LogP contribution in [0.1, 0.15) is 35.9 Å². The fraction of sp³-hybridized carbons (Fsp3) is 0.267. The monoisotopic (exact) mass is 354 g/mol. The third-order valence-corrected chi connectivity index (χ3v) is 3.93. The Morgan fingerprint density at radius 1 is 1.45 bits per heavy atom. The van der Waals surface area contributed by atoms with Crippen LogP contribution in [0.3, 0.4) is 0 Å². The van der Waals surface area contributed by atoms with Gasteiger partial charge in [0.2, 0.25) is 0 Å². The number of hydrogen-bond donors (Lipinski definition) is 1. The number of nitrogens with one attached hydrogen (secondary N) is 1. The van der Waals surface area contributed by atoms with Gasteiger partial charge >= 0.3 is 0 Å². The average molecular weight is 356 g/mol. The summed E-state index contributed by atoms with van der Waals surface area (Å²) in [6.45, 7) is 4.67. The van der Waals surface area contributed by atoms with Crippen molar-refractivity contribution in [3.63, 3.8) is 0 Å². The number of halogens is 2. The van der Waals surface area contributed by atoms with E-state index in [-0.39, 0.29) is 11.9 Å². The van der Waals surface area contributed by atoms with Gasteiger partial charge in [-0.05, 0) is 47.5 Å². The van der Waals surface area contributed by atoms with E-state index >= 15 is 0 Å². The van der Waals surface area contributed by atoms with Crippen LogP contribution < -0.4 is 5.32 Å². The van der Waals surface area contributed by atoms with Gasteiger partial charge in [0.05, 0.1) is 6.04 Å². The highest BCUT2D eigenvalue weighted by atomic mass is 79.9. The molecule has 20 heavy (non-hydrogen) atoms. The zero-order valence-corrected chi connectivity index (χ0v) is 13.7. The number of aromatic nitrogens is 1. The molecule has 1 atom stereocenters. The van der Waals surface area contributed by atoms with Crippen LogP contribution in [0.2, 0.25) is 5.02 Å². The predicted octanol–water partition coefficient (Wildman–Crippen LogP) is 4.41. The molecule has 3 nitrogen and oxygen atoms in total. The number of carbonyl (C=O) groups excluding carboxylic acids is 1. The Morgan fingerprint density at radius 2 is 2.15 bits per heavy atom. The van der Waals surface area contributed by atoms with Crippen LogP contribution in [0.4, 0.5) is 0 Å². The lowest BCUT2D eigenvalue weighted by Gasteiger charge is -2.16. The molecule has 1 N–H and O–H groups in total. The van der Waals surface area contributed by atoms with Crippen molar-refractivity contribution in [2.75, 3.05) is 0 Å². The van der Waals surface area contributed by atoms with Crippen LogP contribution in [0.25, 0.3) is 0 Å². The van der Waals surface area contributed by atoms with E-state index in [1.54, 1.807) is 0 Å². The van der Waals surface area contributed by atoms with Gasteiger partial charge < -0.3 is 9.88 Å². The minimum absolute atomic E-state index is 0.107. The molecule has 0 saturated heterocycles. The van der Waals surface area contributed by atoms with Crippen molar-refractivity contribution in [2.45, 2.75) is 26.4 Å². The minimum Gasteiger partial charge on any atom is -0.344 e. The van der Waals surface area contributed by atoms with Crippen molar-refractivity contribution in [1.82, 2.24) is 9.88 Å². The number of rotatable bonds is 4. The summed E-state index contributed by atoms with van der Waals surface area (Å²) in [6, 6.07) is 9.20. The third kappa shape index (κ3) is 3.25. The molecule has 2 aromatic rings. The van der Waals surface area contributed by atoms with Gasteiger partial charge in [0.25, 0.3) is 5.91 Å². The van der Waals surface area contributed by atoms with Crippen LogP contribution in [0.5, 0.6) is 0 Å². The van der Waals surface area contributed by atoms with E-state index in [0.29, 0.717) is 10.7 Å². The first-order valence-corrected chi connectivity index (χ1v) is 7.61. The molecule has 2 rings (SSSR count). The van der Waals surface area contributed by atoms with Gasteiger partial charge in [-0.25, -0.2) is 0 Å². The van der Waals surface area contributed by atoms with Crippen molar-refractivity contribution in [2.24, 2.45) is 0 Å². The number of aryl methyl sites for hydroxylation is 1. The van der Waals surface area contributed by atoms with Gasteiger partial charge in [0.1, 0.15) is 5.69 Å². The normalized spacial score (nSPS) is 12.2. The fourth-order valence-electron chi connectivity index (χ4n) is 2.10. The van der Waals surface area contributed by atoms with Crippen LogP contribution in [0, 0.1) is 0 Å². The molecule has 0 saturated carbocycles. The molecule has 1 aromatic carbocycles. The largest absolute Gasteiger partial charge is 0.344 e. The van der Waals surface area contributed by atoms with E-state index in [0.717, 1.165) is 16.6 Å². The third-order valence-electron chi connectivity index (χ3n) is 3.16. The molecular formula is C15H16BrClN2O. The zero-order chi connectivity index (χ0) is 14.7. The molecule has 0 aliphatic carbocycles. The Labute approximate surface area is 132 Å². The first kappa shape index (κ1) is 15.1. The molecule has 106 valence electrons. The quantitative estimate of drug-likeness (QED) is 0.865. The van der Waals surface area contributed by atoms with E-state index in [1.165, 1.54) is 0 Å². The lowest BCUT2D eigenvalue weighted by Crippen LogP contribution is -2.28. The highest BCUT2D eigenvalue weighted by Crippen LogP contribution is 2.23. The van der Waals surface area contributed by atoms with Gasteiger partial charge in [0.15, 0.2) is 0 Å². The van der Waals surface area contributed by atoms with Crippen LogP contribution >= 0.6 is 27.5 Å². The van der Waals surface area contributed by atoms with Gasteiger partial charge in [-0.1, -0.05) is 29.8 Å². The average Bonchev–Trinajstić information content (AvgIpc) is 2.80. The van der Waals surface area contributed by atoms with E-state index in [9.17, 15) is 4.79 Å². The van der Waals surface area contributed by atoms with E-state index in [1.807, 2.05) is 54.9 Å². The van der Waals surface area contributed by atoms with Crippen LogP contribution in [0.15, 0.2) is 41.0 Å². The smallest absolute Gasteiger partial charge is 0.268 e. The highest BCUT2D eigenvalue weighted by Gasteiger charge is 2.16. The maximum absolute atomic E-state index is 12.3. The summed E-state index contributed by atoms with van der Waals surface area (Å²) >= 11 is 9.54. The highest BCUT2D eigenvalue weighted by molar-refractivity contribution is 9.10.